The van der Waals surface area contributed by atoms with Crippen molar-refractivity contribution < 1.29 is 28.5 Å². The summed E-state index contributed by atoms with van der Waals surface area (Å²) >= 11 is 0. The van der Waals surface area contributed by atoms with Gasteiger partial charge in [0.05, 0.1) is 0 Å². The molecule has 0 aliphatic carbocycles. The Labute approximate surface area is 94.6 Å². The van der Waals surface area contributed by atoms with Crippen LogP contribution < -0.4 is 5.32 Å². The number of nitrogens with one attached hydrogen (secondary N) is 1. The van der Waals surface area contributed by atoms with Crippen LogP contribution in [0.1, 0.15) is 11.6 Å². The number of halogens is 2. The fourth-order valence-electron chi connectivity index (χ4n) is 1.56. The average Bonchev–Trinajstić information content (AvgIpc) is 2.26. The molecule has 5 nitrogen and oxygen atoms in total. The van der Waals surface area contributed by atoms with Gasteiger partial charge in [-0.05, 0) is 17.7 Å². The van der Waals surface area contributed by atoms with Crippen molar-refractivity contribution in [2.45, 2.75) is 12.0 Å². The summed E-state index contributed by atoms with van der Waals surface area (Å²) in [6.45, 7) is -1.02. The maximum atomic E-state index is 13.5. The normalized spacial score (nSPS) is 22.7. The summed E-state index contributed by atoms with van der Waals surface area (Å²) in [5, 5.41) is 20.3. The third-order valence-electron chi connectivity index (χ3n) is 2.41. The molecule has 0 bridgehead atoms. The molecule has 1 heterocycles. The second kappa shape index (κ2) is 3.76. The molecule has 7 heteroatoms. The summed E-state index contributed by atoms with van der Waals surface area (Å²) < 4.78 is 31.1. The van der Waals surface area contributed by atoms with Gasteiger partial charge in [-0.3, -0.25) is 0 Å². The number of alkyl halides is 2. The smallest absolute Gasteiger partial charge is 0.408 e. The molecular weight excluding hydrogens is 236 g/mol. The Balaban J connectivity index is 2.36. The fraction of sp³-hybridized carbons (Fsp3) is 0.300. The lowest BCUT2D eigenvalue weighted by molar-refractivity contribution is -0.104. The van der Waals surface area contributed by atoms with Gasteiger partial charge in [0.15, 0.2) is 18.1 Å². The van der Waals surface area contributed by atoms with Crippen LogP contribution in [0.15, 0.2) is 18.2 Å². The highest BCUT2D eigenvalue weighted by molar-refractivity contribution is 5.69. The molecule has 0 saturated carbocycles. The van der Waals surface area contributed by atoms with Crippen LogP contribution in [0.25, 0.3) is 0 Å². The first-order valence-corrected chi connectivity index (χ1v) is 4.73. The van der Waals surface area contributed by atoms with E-state index in [1.807, 2.05) is 5.32 Å². The average molecular weight is 245 g/mol. The predicted octanol–water partition coefficient (Wildman–Crippen LogP) is 1.51. The number of benzene rings is 1. The van der Waals surface area contributed by atoms with Crippen molar-refractivity contribution >= 4 is 6.09 Å². The highest BCUT2D eigenvalue weighted by Crippen LogP contribution is 2.37. The standard InChI is InChI=1S/C10H9F2NO4/c11-10(12)4-17-9(16)13-8(10)5-1-2-6(14)7(15)3-5/h1-3,8,14-15H,4H2,(H,13,16)/t8-/m0/s1. The Kier molecular flexibility index (Phi) is 2.53. The second-order valence-electron chi connectivity index (χ2n) is 3.66. The predicted molar refractivity (Wildman–Crippen MR) is 51.9 cm³/mol. The van der Waals surface area contributed by atoms with Crippen LogP contribution in [0.2, 0.25) is 0 Å². The summed E-state index contributed by atoms with van der Waals surface area (Å²) in [5.74, 6) is -4.23. The highest BCUT2D eigenvalue weighted by Gasteiger charge is 2.46. The number of rotatable bonds is 1. The van der Waals surface area contributed by atoms with Crippen LogP contribution in [0.5, 0.6) is 11.5 Å². The summed E-state index contributed by atoms with van der Waals surface area (Å²) in [7, 11) is 0. The minimum atomic E-state index is -3.28. The molecule has 1 atom stereocenters. The molecule has 1 saturated heterocycles. The fourth-order valence-corrected chi connectivity index (χ4v) is 1.56. The Morgan fingerprint density at radius 1 is 1.35 bits per heavy atom. The van der Waals surface area contributed by atoms with Crippen molar-refractivity contribution in [1.29, 1.82) is 0 Å². The molecule has 1 amide bonds. The number of phenolic OH excluding ortho intramolecular Hbond substituents is 2. The third-order valence-corrected chi connectivity index (χ3v) is 2.41. The molecule has 1 aliphatic heterocycles. The van der Waals surface area contributed by atoms with Gasteiger partial charge in [0.2, 0.25) is 0 Å². The highest BCUT2D eigenvalue weighted by atomic mass is 19.3. The molecule has 1 aromatic carbocycles. The summed E-state index contributed by atoms with van der Waals surface area (Å²) in [4.78, 5) is 10.9. The van der Waals surface area contributed by atoms with E-state index < -0.39 is 36.2 Å². The molecule has 92 valence electrons. The van der Waals surface area contributed by atoms with E-state index in [9.17, 15) is 18.7 Å². The largest absolute Gasteiger partial charge is 0.504 e. The molecule has 2 rings (SSSR count). The van der Waals surface area contributed by atoms with E-state index in [1.54, 1.807) is 0 Å². The number of alkyl carbamates (subject to hydrolysis) is 1. The van der Waals surface area contributed by atoms with Crippen LogP contribution in [0.3, 0.4) is 0 Å². The Morgan fingerprint density at radius 3 is 2.71 bits per heavy atom. The molecule has 0 aromatic heterocycles. The maximum Gasteiger partial charge on any atom is 0.408 e. The zero-order valence-electron chi connectivity index (χ0n) is 8.48. The lowest BCUT2D eigenvalue weighted by Gasteiger charge is -2.31. The van der Waals surface area contributed by atoms with Crippen molar-refractivity contribution in [3.63, 3.8) is 0 Å². The van der Waals surface area contributed by atoms with Crippen LogP contribution in [-0.4, -0.2) is 28.8 Å². The first-order valence-electron chi connectivity index (χ1n) is 4.73. The van der Waals surface area contributed by atoms with Gasteiger partial charge in [0, 0.05) is 0 Å². The Hall–Kier alpha value is -2.05. The lowest BCUT2D eigenvalue weighted by Crippen LogP contribution is -2.49. The van der Waals surface area contributed by atoms with E-state index in [0.717, 1.165) is 12.1 Å². The number of amides is 1. The number of ether oxygens (including phenoxy) is 1. The van der Waals surface area contributed by atoms with Gasteiger partial charge in [0.25, 0.3) is 0 Å². The van der Waals surface area contributed by atoms with Crippen molar-refractivity contribution in [3.8, 4) is 11.5 Å². The van der Waals surface area contributed by atoms with E-state index in [2.05, 4.69) is 4.74 Å². The van der Waals surface area contributed by atoms with E-state index in [4.69, 9.17) is 5.11 Å². The molecule has 1 fully saturated rings. The Bertz CT molecular complexity index is 464. The van der Waals surface area contributed by atoms with Crippen molar-refractivity contribution in [3.05, 3.63) is 23.8 Å². The number of aromatic hydroxyl groups is 2. The summed E-state index contributed by atoms with van der Waals surface area (Å²) in [5.41, 5.74) is -0.0121. The molecular formula is C10H9F2NO4. The lowest BCUT2D eigenvalue weighted by atomic mass is 9.99. The minimum Gasteiger partial charge on any atom is -0.504 e. The molecule has 0 unspecified atom stereocenters. The molecule has 1 aromatic rings. The SMILES string of the molecule is O=C1N[C@@H](c2ccc(O)c(O)c2)C(F)(F)CO1. The van der Waals surface area contributed by atoms with Crippen LogP contribution in [-0.2, 0) is 4.74 Å². The number of cyclic esters (lactones) is 1. The van der Waals surface area contributed by atoms with Crippen molar-refractivity contribution in [1.82, 2.24) is 5.32 Å². The molecule has 3 N–H and O–H groups in total. The number of hydrogen-bond donors (Lipinski definition) is 3. The van der Waals surface area contributed by atoms with Gasteiger partial charge < -0.3 is 20.3 Å². The third kappa shape index (κ3) is 2.08. The number of carbonyl (C=O) groups is 1. The van der Waals surface area contributed by atoms with Crippen molar-refractivity contribution in [2.24, 2.45) is 0 Å². The number of hydrogen-bond acceptors (Lipinski definition) is 4. The zero-order valence-corrected chi connectivity index (χ0v) is 8.48. The minimum absolute atomic E-state index is 0.0121. The number of phenols is 2. The summed E-state index contributed by atoms with van der Waals surface area (Å²) in [6, 6.07) is 1.65. The van der Waals surface area contributed by atoms with Gasteiger partial charge in [-0.1, -0.05) is 6.07 Å². The van der Waals surface area contributed by atoms with Gasteiger partial charge in [0.1, 0.15) is 6.04 Å². The van der Waals surface area contributed by atoms with Gasteiger partial charge in [-0.15, -0.1) is 0 Å². The van der Waals surface area contributed by atoms with E-state index in [-0.39, 0.29) is 5.56 Å². The monoisotopic (exact) mass is 245 g/mol. The molecule has 17 heavy (non-hydrogen) atoms. The first kappa shape index (κ1) is 11.4. The van der Waals surface area contributed by atoms with Crippen LogP contribution in [0, 0.1) is 0 Å². The topological polar surface area (TPSA) is 78.8 Å². The van der Waals surface area contributed by atoms with Crippen molar-refractivity contribution in [2.75, 3.05) is 6.61 Å². The molecule has 0 radical (unpaired) electrons. The van der Waals surface area contributed by atoms with E-state index in [1.165, 1.54) is 6.07 Å². The van der Waals surface area contributed by atoms with Crippen LogP contribution in [0.4, 0.5) is 13.6 Å². The zero-order chi connectivity index (χ0) is 12.6. The quantitative estimate of drug-likeness (QED) is 0.655. The van der Waals surface area contributed by atoms with Gasteiger partial charge >= 0.3 is 12.0 Å². The molecule has 0 spiro atoms. The maximum absolute atomic E-state index is 13.5. The molecule has 1 aliphatic rings. The second-order valence-corrected chi connectivity index (χ2v) is 3.66. The van der Waals surface area contributed by atoms with E-state index in [0.29, 0.717) is 0 Å². The van der Waals surface area contributed by atoms with E-state index >= 15 is 0 Å². The summed E-state index contributed by atoms with van der Waals surface area (Å²) in [6.07, 6.45) is -0.950. The first-order chi connectivity index (χ1) is 7.90. The number of carbonyl (C=O) groups excluding carboxylic acids is 1. The Morgan fingerprint density at radius 2 is 2.06 bits per heavy atom. The van der Waals surface area contributed by atoms with Crippen LogP contribution >= 0.6 is 0 Å². The van der Waals surface area contributed by atoms with Gasteiger partial charge in [-0.25, -0.2) is 13.6 Å². The van der Waals surface area contributed by atoms with Gasteiger partial charge in [-0.2, -0.15) is 0 Å².